The van der Waals surface area contributed by atoms with Crippen molar-refractivity contribution in [2.24, 2.45) is 11.5 Å². The molecule has 0 saturated heterocycles. The van der Waals surface area contributed by atoms with E-state index in [0.717, 1.165) is 25.7 Å². The van der Waals surface area contributed by atoms with Crippen LogP contribution in [0.2, 0.25) is 0 Å². The second kappa shape index (κ2) is 9.60. The number of rotatable bonds is 7. The molecule has 0 spiro atoms. The molecule has 0 bridgehead atoms. The standard InChI is InChI=1S/C19H27BN8O3/c1-23-12-8-14(25-13(16(22)31-2)7-10(21)9-29)26-17-15(12)27-18(20)28(17)19(30)24-11-5-3-4-6-11/h7-8,11,29H,3-6,9,21-22H2,1-2H3,(H,24,30)(H2,23,25,26)/b10-7-,16-13-. The van der Waals surface area contributed by atoms with E-state index in [-0.39, 0.29) is 47.3 Å². The third-order valence-corrected chi connectivity index (χ3v) is 5.06. The van der Waals surface area contributed by atoms with E-state index in [4.69, 9.17) is 24.1 Å². The topological polar surface area (TPSA) is 165 Å². The number of nitrogens with one attached hydrogen (secondary N) is 3. The normalized spacial score (nSPS) is 15.6. The quantitative estimate of drug-likeness (QED) is 0.200. The molecule has 1 fully saturated rings. The molecule has 3 rings (SSSR count). The van der Waals surface area contributed by atoms with Crippen LogP contribution in [0.25, 0.3) is 11.2 Å². The van der Waals surface area contributed by atoms with Gasteiger partial charge in [0.2, 0.25) is 5.88 Å². The number of nitrogens with two attached hydrogens (primary N) is 2. The number of methoxy groups -OCH3 is 1. The lowest BCUT2D eigenvalue weighted by atomic mass is 10.1. The van der Waals surface area contributed by atoms with Gasteiger partial charge in [-0.15, -0.1) is 0 Å². The highest BCUT2D eigenvalue weighted by Crippen LogP contribution is 2.25. The average Bonchev–Trinajstić information content (AvgIpc) is 3.38. The number of imidazole rings is 1. The summed E-state index contributed by atoms with van der Waals surface area (Å²) < 4.78 is 6.33. The highest BCUT2D eigenvalue weighted by atomic mass is 16.5. The number of fused-ring (bicyclic) bond motifs is 1. The van der Waals surface area contributed by atoms with Crippen LogP contribution in [0, 0.1) is 0 Å². The molecule has 2 radical (unpaired) electrons. The number of hydrogen-bond acceptors (Lipinski definition) is 9. The van der Waals surface area contributed by atoms with Crippen molar-refractivity contribution in [3.63, 3.8) is 0 Å². The van der Waals surface area contributed by atoms with E-state index >= 15 is 0 Å². The van der Waals surface area contributed by atoms with Gasteiger partial charge >= 0.3 is 6.03 Å². The van der Waals surface area contributed by atoms with Gasteiger partial charge in [0.05, 0.1) is 25.1 Å². The first-order valence-electron chi connectivity index (χ1n) is 9.93. The van der Waals surface area contributed by atoms with Crippen LogP contribution in [-0.2, 0) is 4.74 Å². The highest BCUT2D eigenvalue weighted by Gasteiger charge is 2.22. The Morgan fingerprint density at radius 1 is 1.39 bits per heavy atom. The molecule has 164 valence electrons. The molecule has 2 heterocycles. The number of carbonyl (C=O) groups is 1. The van der Waals surface area contributed by atoms with Crippen molar-refractivity contribution in [2.45, 2.75) is 31.7 Å². The Labute approximate surface area is 181 Å². The largest absolute Gasteiger partial charge is 0.481 e. The molecular formula is C19H27BN8O3. The molecule has 0 atom stereocenters. The fourth-order valence-electron chi connectivity index (χ4n) is 3.48. The fourth-order valence-corrected chi connectivity index (χ4v) is 3.48. The van der Waals surface area contributed by atoms with Gasteiger partial charge in [-0.3, -0.25) is 0 Å². The van der Waals surface area contributed by atoms with Crippen molar-refractivity contribution in [3.8, 4) is 0 Å². The minimum Gasteiger partial charge on any atom is -0.481 e. The molecular weight excluding hydrogens is 399 g/mol. The van der Waals surface area contributed by atoms with Gasteiger partial charge in [0.1, 0.15) is 17.0 Å². The Bertz CT molecular complexity index is 1030. The molecule has 0 aliphatic heterocycles. The van der Waals surface area contributed by atoms with Crippen molar-refractivity contribution >= 4 is 42.3 Å². The van der Waals surface area contributed by atoms with Crippen molar-refractivity contribution < 1.29 is 14.6 Å². The van der Waals surface area contributed by atoms with E-state index < -0.39 is 0 Å². The number of nitrogens with zero attached hydrogens (tertiary/aromatic N) is 3. The molecule has 1 aliphatic carbocycles. The summed E-state index contributed by atoms with van der Waals surface area (Å²) in [5.74, 6) is 0.375. The maximum Gasteiger partial charge on any atom is 0.328 e. The molecule has 0 aromatic carbocycles. The molecule has 8 N–H and O–H groups in total. The van der Waals surface area contributed by atoms with Crippen LogP contribution >= 0.6 is 0 Å². The number of ether oxygens (including phenoxy) is 1. The summed E-state index contributed by atoms with van der Waals surface area (Å²) in [4.78, 5) is 21.8. The van der Waals surface area contributed by atoms with Crippen molar-refractivity contribution in [2.75, 3.05) is 31.4 Å². The second-order valence-corrected chi connectivity index (χ2v) is 7.20. The number of aliphatic hydroxyl groups excluding tert-OH is 1. The number of aromatic nitrogens is 3. The van der Waals surface area contributed by atoms with Crippen LogP contribution in [0.1, 0.15) is 25.7 Å². The summed E-state index contributed by atoms with van der Waals surface area (Å²) in [6, 6.07) is 1.41. The lowest BCUT2D eigenvalue weighted by Gasteiger charge is -2.15. The van der Waals surface area contributed by atoms with Gasteiger partial charge in [-0.05, 0) is 18.9 Å². The van der Waals surface area contributed by atoms with Crippen LogP contribution in [0.15, 0.2) is 29.4 Å². The minimum atomic E-state index is -0.379. The van der Waals surface area contributed by atoms with E-state index in [1.807, 2.05) is 0 Å². The smallest absolute Gasteiger partial charge is 0.328 e. The molecule has 11 nitrogen and oxygen atoms in total. The lowest BCUT2D eigenvalue weighted by molar-refractivity contribution is 0.240. The maximum atomic E-state index is 12.9. The number of hydrogen-bond donors (Lipinski definition) is 6. The first-order chi connectivity index (χ1) is 14.9. The maximum absolute atomic E-state index is 12.9. The van der Waals surface area contributed by atoms with Gasteiger partial charge in [-0.25, -0.2) is 19.3 Å². The van der Waals surface area contributed by atoms with Crippen LogP contribution in [-0.4, -0.2) is 60.3 Å². The molecule has 1 aliphatic rings. The first-order valence-corrected chi connectivity index (χ1v) is 9.93. The highest BCUT2D eigenvalue weighted by molar-refractivity contribution is 6.32. The predicted molar refractivity (Wildman–Crippen MR) is 120 cm³/mol. The van der Waals surface area contributed by atoms with Crippen LogP contribution < -0.4 is 33.1 Å². The Hall–Kier alpha value is -3.41. The fraction of sp³-hybridized carbons (Fsp3) is 0.421. The third-order valence-electron chi connectivity index (χ3n) is 5.06. The summed E-state index contributed by atoms with van der Waals surface area (Å²) in [6.07, 6.45) is 5.47. The predicted octanol–water partition coefficient (Wildman–Crippen LogP) is -0.212. The van der Waals surface area contributed by atoms with E-state index in [9.17, 15) is 9.90 Å². The Kier molecular flexibility index (Phi) is 6.90. The SMILES string of the molecule is [B]c1nc2c(NC)cc(NC(/C=C(\N)CO)=C(/N)OC)nc2n1C(=O)NC1CCCC1. The number of amides is 1. The van der Waals surface area contributed by atoms with Crippen LogP contribution in [0.5, 0.6) is 0 Å². The average molecular weight is 426 g/mol. The summed E-state index contributed by atoms with van der Waals surface area (Å²) in [7, 11) is 9.18. The van der Waals surface area contributed by atoms with E-state index in [1.54, 1.807) is 13.1 Å². The third kappa shape index (κ3) is 4.85. The molecule has 1 saturated carbocycles. The number of aliphatic hydroxyl groups is 1. The monoisotopic (exact) mass is 426 g/mol. The zero-order valence-electron chi connectivity index (χ0n) is 17.6. The van der Waals surface area contributed by atoms with Gasteiger partial charge in [-0.2, -0.15) is 0 Å². The first kappa shape index (κ1) is 22.3. The van der Waals surface area contributed by atoms with Gasteiger partial charge in [-0.1, -0.05) is 12.8 Å². The minimum absolute atomic E-state index is 0.0308. The van der Waals surface area contributed by atoms with Crippen molar-refractivity contribution in [3.05, 3.63) is 29.4 Å². The van der Waals surface area contributed by atoms with Crippen LogP contribution in [0.3, 0.4) is 0 Å². The number of allylic oxidation sites excluding steroid dienone is 1. The zero-order valence-corrected chi connectivity index (χ0v) is 17.6. The summed E-state index contributed by atoms with van der Waals surface area (Å²) in [5, 5.41) is 18.3. The van der Waals surface area contributed by atoms with Gasteiger partial charge in [0, 0.05) is 24.9 Å². The van der Waals surface area contributed by atoms with E-state index in [0.29, 0.717) is 17.0 Å². The molecule has 0 unspecified atom stereocenters. The van der Waals surface area contributed by atoms with Crippen LogP contribution in [0.4, 0.5) is 16.3 Å². The molecule has 12 heteroatoms. The molecule has 2 aromatic heterocycles. The van der Waals surface area contributed by atoms with E-state index in [2.05, 4.69) is 25.9 Å². The second-order valence-electron chi connectivity index (χ2n) is 7.20. The molecule has 1 amide bonds. The zero-order chi connectivity index (χ0) is 22.5. The van der Waals surface area contributed by atoms with Crippen molar-refractivity contribution in [1.29, 1.82) is 0 Å². The Morgan fingerprint density at radius 3 is 2.71 bits per heavy atom. The van der Waals surface area contributed by atoms with E-state index in [1.165, 1.54) is 17.8 Å². The number of carbonyl (C=O) groups excluding carboxylic acids is 1. The Morgan fingerprint density at radius 2 is 2.10 bits per heavy atom. The molecule has 2 aromatic rings. The van der Waals surface area contributed by atoms with Gasteiger partial charge < -0.3 is 37.3 Å². The number of anilines is 2. The summed E-state index contributed by atoms with van der Waals surface area (Å²) >= 11 is 0. The lowest BCUT2D eigenvalue weighted by Crippen LogP contribution is -2.40. The molecule has 31 heavy (non-hydrogen) atoms. The van der Waals surface area contributed by atoms with Crippen molar-refractivity contribution in [1.82, 2.24) is 19.9 Å². The number of pyridine rings is 1. The van der Waals surface area contributed by atoms with Gasteiger partial charge in [0.15, 0.2) is 13.5 Å². The Balaban J connectivity index is 2.04. The van der Waals surface area contributed by atoms with Gasteiger partial charge in [0.25, 0.3) is 0 Å². The summed E-state index contributed by atoms with van der Waals surface area (Å²) in [5.41, 5.74) is 13.4. The summed E-state index contributed by atoms with van der Waals surface area (Å²) in [6.45, 7) is -0.360.